The third-order valence-corrected chi connectivity index (χ3v) is 5.56. The van der Waals surface area contributed by atoms with Gasteiger partial charge in [0.1, 0.15) is 11.5 Å². The first-order valence-electron chi connectivity index (χ1n) is 10.4. The number of ether oxygens (including phenoxy) is 2. The molecule has 1 unspecified atom stereocenters. The number of benzene rings is 2. The summed E-state index contributed by atoms with van der Waals surface area (Å²) >= 11 is 0. The number of carbonyl (C=O) groups excluding carboxylic acids is 1. The van der Waals surface area contributed by atoms with Gasteiger partial charge in [0.05, 0.1) is 7.11 Å². The van der Waals surface area contributed by atoms with Gasteiger partial charge >= 0.3 is 0 Å². The van der Waals surface area contributed by atoms with Crippen molar-refractivity contribution in [1.29, 1.82) is 0 Å². The molecular formula is C24H32N2O3. The highest BCUT2D eigenvalue weighted by Crippen LogP contribution is 2.21. The van der Waals surface area contributed by atoms with Crippen LogP contribution in [-0.4, -0.2) is 62.7 Å². The zero-order valence-corrected chi connectivity index (χ0v) is 17.5. The minimum absolute atomic E-state index is 0.0278. The van der Waals surface area contributed by atoms with Crippen molar-refractivity contribution < 1.29 is 14.3 Å². The number of carbonyl (C=O) groups is 1. The first-order chi connectivity index (χ1) is 14.2. The van der Waals surface area contributed by atoms with Crippen molar-refractivity contribution in [3.8, 4) is 11.5 Å². The van der Waals surface area contributed by atoms with Crippen molar-refractivity contribution in [2.45, 2.75) is 19.3 Å². The summed E-state index contributed by atoms with van der Waals surface area (Å²) < 4.78 is 11.1. The number of hydrogen-bond acceptors (Lipinski definition) is 4. The average Bonchev–Trinajstić information content (AvgIpc) is 2.77. The molecule has 0 saturated carbocycles. The van der Waals surface area contributed by atoms with E-state index in [1.54, 1.807) is 7.11 Å². The summed E-state index contributed by atoms with van der Waals surface area (Å²) in [5.74, 6) is 2.23. The van der Waals surface area contributed by atoms with E-state index >= 15 is 0 Å². The maximum atomic E-state index is 12.4. The van der Waals surface area contributed by atoms with Crippen LogP contribution in [0.3, 0.4) is 0 Å². The van der Waals surface area contributed by atoms with Gasteiger partial charge < -0.3 is 19.3 Å². The molecule has 5 nitrogen and oxygen atoms in total. The fourth-order valence-corrected chi connectivity index (χ4v) is 3.95. The number of rotatable bonds is 9. The van der Waals surface area contributed by atoms with Crippen molar-refractivity contribution in [2.75, 3.05) is 46.9 Å². The number of likely N-dealkylation sites (tertiary alicyclic amines) is 1. The van der Waals surface area contributed by atoms with Gasteiger partial charge in [0.25, 0.3) is 5.91 Å². The number of amides is 1. The van der Waals surface area contributed by atoms with Crippen LogP contribution in [-0.2, 0) is 11.2 Å². The van der Waals surface area contributed by atoms with E-state index in [0.29, 0.717) is 5.92 Å². The summed E-state index contributed by atoms with van der Waals surface area (Å²) in [4.78, 5) is 16.8. The van der Waals surface area contributed by atoms with Gasteiger partial charge in [0, 0.05) is 26.7 Å². The summed E-state index contributed by atoms with van der Waals surface area (Å²) in [7, 11) is 3.61. The molecule has 0 aliphatic carbocycles. The molecule has 1 aliphatic rings. The Kier molecular flexibility index (Phi) is 7.94. The van der Waals surface area contributed by atoms with Crippen molar-refractivity contribution in [3.05, 3.63) is 60.2 Å². The van der Waals surface area contributed by atoms with Crippen LogP contribution in [0.15, 0.2) is 54.6 Å². The number of likely N-dealkylation sites (N-methyl/N-ethyl adjacent to an activating group) is 1. The minimum Gasteiger partial charge on any atom is -0.496 e. The normalized spacial score (nSPS) is 17.0. The third-order valence-electron chi connectivity index (χ3n) is 5.56. The SMILES string of the molecule is COc1ccccc1CCN1CCCC(CN(C)C(=O)COc2ccccc2)C1. The lowest BCUT2D eigenvalue weighted by Crippen LogP contribution is -2.43. The summed E-state index contributed by atoms with van der Waals surface area (Å²) in [5, 5.41) is 0. The fraction of sp³-hybridized carbons (Fsp3) is 0.458. The van der Waals surface area contributed by atoms with Gasteiger partial charge in [-0.1, -0.05) is 36.4 Å². The highest BCUT2D eigenvalue weighted by Gasteiger charge is 2.23. The molecule has 0 N–H and O–H groups in total. The molecule has 0 aromatic heterocycles. The second kappa shape index (κ2) is 10.9. The van der Waals surface area contributed by atoms with Gasteiger partial charge in [0.2, 0.25) is 0 Å². The van der Waals surface area contributed by atoms with E-state index < -0.39 is 0 Å². The van der Waals surface area contributed by atoms with Crippen LogP contribution >= 0.6 is 0 Å². The molecule has 3 rings (SSSR count). The first kappa shape index (κ1) is 21.2. The van der Waals surface area contributed by atoms with Gasteiger partial charge in [-0.2, -0.15) is 0 Å². The van der Waals surface area contributed by atoms with Crippen molar-refractivity contribution in [1.82, 2.24) is 9.80 Å². The van der Waals surface area contributed by atoms with Crippen molar-refractivity contribution >= 4 is 5.91 Å². The Hall–Kier alpha value is -2.53. The lowest BCUT2D eigenvalue weighted by Gasteiger charge is -2.34. The van der Waals surface area contributed by atoms with Gasteiger partial charge in [-0.3, -0.25) is 4.79 Å². The molecule has 0 bridgehead atoms. The topological polar surface area (TPSA) is 42.0 Å². The lowest BCUT2D eigenvalue weighted by atomic mass is 9.97. The van der Waals surface area contributed by atoms with E-state index in [0.717, 1.165) is 44.1 Å². The lowest BCUT2D eigenvalue weighted by molar-refractivity contribution is -0.132. The highest BCUT2D eigenvalue weighted by atomic mass is 16.5. The molecule has 1 amide bonds. The zero-order chi connectivity index (χ0) is 20.5. The molecule has 156 valence electrons. The largest absolute Gasteiger partial charge is 0.496 e. The van der Waals surface area contributed by atoms with Crippen LogP contribution in [0.25, 0.3) is 0 Å². The van der Waals surface area contributed by atoms with Crippen LogP contribution in [0.4, 0.5) is 0 Å². The number of methoxy groups -OCH3 is 1. The quantitative estimate of drug-likeness (QED) is 0.651. The molecule has 2 aromatic carbocycles. The molecule has 1 saturated heterocycles. The van der Waals surface area contributed by atoms with Crippen LogP contribution in [0.1, 0.15) is 18.4 Å². The molecule has 1 fully saturated rings. The van der Waals surface area contributed by atoms with E-state index in [1.165, 1.54) is 18.4 Å². The molecule has 0 radical (unpaired) electrons. The molecular weight excluding hydrogens is 364 g/mol. The molecule has 1 heterocycles. The Morgan fingerprint density at radius 1 is 1.14 bits per heavy atom. The first-order valence-corrected chi connectivity index (χ1v) is 10.4. The van der Waals surface area contributed by atoms with Crippen LogP contribution in [0.2, 0.25) is 0 Å². The molecule has 0 spiro atoms. The van der Waals surface area contributed by atoms with Crippen LogP contribution in [0.5, 0.6) is 11.5 Å². The highest BCUT2D eigenvalue weighted by molar-refractivity contribution is 5.77. The predicted octanol–water partition coefficient (Wildman–Crippen LogP) is 3.49. The third kappa shape index (κ3) is 6.50. The van der Waals surface area contributed by atoms with Crippen LogP contribution in [0, 0.1) is 5.92 Å². The number of nitrogens with zero attached hydrogens (tertiary/aromatic N) is 2. The Morgan fingerprint density at radius 2 is 1.90 bits per heavy atom. The van der Waals surface area contributed by atoms with Gasteiger partial charge in [-0.25, -0.2) is 0 Å². The molecule has 2 aromatic rings. The Balaban J connectivity index is 1.43. The predicted molar refractivity (Wildman–Crippen MR) is 115 cm³/mol. The van der Waals surface area contributed by atoms with E-state index in [-0.39, 0.29) is 12.5 Å². The van der Waals surface area contributed by atoms with E-state index in [4.69, 9.17) is 9.47 Å². The van der Waals surface area contributed by atoms with Crippen molar-refractivity contribution in [2.24, 2.45) is 5.92 Å². The van der Waals surface area contributed by atoms with Gasteiger partial charge in [-0.05, 0) is 55.5 Å². The Bertz CT molecular complexity index is 766. The van der Waals surface area contributed by atoms with E-state index in [9.17, 15) is 4.79 Å². The maximum absolute atomic E-state index is 12.4. The van der Waals surface area contributed by atoms with Crippen molar-refractivity contribution in [3.63, 3.8) is 0 Å². The van der Waals surface area contributed by atoms with Gasteiger partial charge in [0.15, 0.2) is 6.61 Å². The smallest absolute Gasteiger partial charge is 0.260 e. The number of piperidine rings is 1. The molecule has 5 heteroatoms. The van der Waals surface area contributed by atoms with Gasteiger partial charge in [-0.15, -0.1) is 0 Å². The Morgan fingerprint density at radius 3 is 2.69 bits per heavy atom. The Labute approximate surface area is 174 Å². The van der Waals surface area contributed by atoms with Crippen LogP contribution < -0.4 is 9.47 Å². The van der Waals surface area contributed by atoms with E-state index in [1.807, 2.05) is 54.4 Å². The molecule has 1 atom stereocenters. The molecule has 1 aliphatic heterocycles. The minimum atomic E-state index is 0.0278. The molecule has 29 heavy (non-hydrogen) atoms. The standard InChI is InChI=1S/C24H32N2O3/c1-25(24(27)19-29-22-11-4-3-5-12-22)17-20-9-8-15-26(18-20)16-14-21-10-6-7-13-23(21)28-2/h3-7,10-13,20H,8-9,14-19H2,1-2H3. The zero-order valence-electron chi connectivity index (χ0n) is 17.5. The summed E-state index contributed by atoms with van der Waals surface area (Å²) in [6.07, 6.45) is 3.33. The summed E-state index contributed by atoms with van der Waals surface area (Å²) in [6, 6.07) is 17.7. The van der Waals surface area contributed by atoms with E-state index in [2.05, 4.69) is 17.0 Å². The average molecular weight is 397 g/mol. The monoisotopic (exact) mass is 396 g/mol. The summed E-state index contributed by atoms with van der Waals surface area (Å²) in [6.45, 7) is 4.05. The fourth-order valence-electron chi connectivity index (χ4n) is 3.95. The summed E-state index contributed by atoms with van der Waals surface area (Å²) in [5.41, 5.74) is 1.25. The number of hydrogen-bond donors (Lipinski definition) is 0. The maximum Gasteiger partial charge on any atom is 0.260 e. The second-order valence-corrected chi connectivity index (χ2v) is 7.75. The second-order valence-electron chi connectivity index (χ2n) is 7.75. The number of para-hydroxylation sites is 2.